The molecule has 94 valence electrons. The van der Waals surface area contributed by atoms with Crippen molar-refractivity contribution >= 4 is 17.1 Å². The Morgan fingerprint density at radius 2 is 2.28 bits per heavy atom. The highest BCUT2D eigenvalue weighted by Gasteiger charge is 2.22. The van der Waals surface area contributed by atoms with Gasteiger partial charge in [-0.25, -0.2) is 4.79 Å². The lowest BCUT2D eigenvalue weighted by Crippen LogP contribution is -2.02. The number of benzene rings is 1. The van der Waals surface area contributed by atoms with Gasteiger partial charge in [-0.15, -0.1) is 0 Å². The Morgan fingerprint density at radius 3 is 3.00 bits per heavy atom. The monoisotopic (exact) mass is 247 g/mol. The van der Waals surface area contributed by atoms with Crippen molar-refractivity contribution in [2.75, 3.05) is 6.61 Å². The Balaban J connectivity index is 1.87. The van der Waals surface area contributed by atoms with E-state index in [1.807, 2.05) is 18.2 Å². The third-order valence-electron chi connectivity index (χ3n) is 2.97. The van der Waals surface area contributed by atoms with Crippen molar-refractivity contribution in [1.82, 2.24) is 4.98 Å². The topological polar surface area (TPSA) is 71.6 Å². The van der Waals surface area contributed by atoms with Gasteiger partial charge in [0.1, 0.15) is 5.75 Å². The lowest BCUT2D eigenvalue weighted by atomic mass is 10.2. The molecule has 2 N–H and O–H groups in total. The van der Waals surface area contributed by atoms with Crippen molar-refractivity contribution in [2.45, 2.75) is 12.8 Å². The summed E-state index contributed by atoms with van der Waals surface area (Å²) >= 11 is 0. The van der Waals surface area contributed by atoms with Crippen LogP contribution in [0.5, 0.6) is 11.6 Å². The summed E-state index contributed by atoms with van der Waals surface area (Å²) in [5.41, 5.74) is 0.805. The minimum atomic E-state index is -1.33. The molecule has 5 nitrogen and oxygen atoms in total. The molecule has 1 heterocycles. The predicted octanol–water partition coefficient (Wildman–Crippen LogP) is 3.01. The van der Waals surface area contributed by atoms with Gasteiger partial charge in [0.2, 0.25) is 5.88 Å². The highest BCUT2D eigenvalue weighted by molar-refractivity contribution is 5.88. The number of carboxylic acid groups (broad SMARTS) is 1. The van der Waals surface area contributed by atoms with Gasteiger partial charge >= 0.3 is 6.16 Å². The zero-order valence-electron chi connectivity index (χ0n) is 9.68. The SMILES string of the molecule is O=C(O)Oc1cc2c(OCC3CC3)cccc2[nH]1. The lowest BCUT2D eigenvalue weighted by Gasteiger charge is -2.05. The van der Waals surface area contributed by atoms with Crippen LogP contribution in [0.4, 0.5) is 4.79 Å². The first-order valence-corrected chi connectivity index (χ1v) is 5.87. The number of rotatable bonds is 4. The number of aromatic nitrogens is 1. The average Bonchev–Trinajstić information content (AvgIpc) is 3.05. The maximum absolute atomic E-state index is 10.5. The molecule has 0 bridgehead atoms. The zero-order valence-corrected chi connectivity index (χ0v) is 9.68. The molecule has 1 fully saturated rings. The third kappa shape index (κ3) is 2.25. The molecule has 0 aliphatic heterocycles. The minimum absolute atomic E-state index is 0.208. The summed E-state index contributed by atoms with van der Waals surface area (Å²) in [5.74, 6) is 1.64. The van der Waals surface area contributed by atoms with Gasteiger partial charge in [-0.3, -0.25) is 0 Å². The Labute approximate surface area is 103 Å². The smallest absolute Gasteiger partial charge is 0.493 e. The van der Waals surface area contributed by atoms with E-state index in [1.165, 1.54) is 12.8 Å². The quantitative estimate of drug-likeness (QED) is 0.814. The second kappa shape index (κ2) is 4.25. The Morgan fingerprint density at radius 1 is 1.44 bits per heavy atom. The largest absolute Gasteiger partial charge is 0.512 e. The van der Waals surface area contributed by atoms with Crippen molar-refractivity contribution in [2.24, 2.45) is 5.92 Å². The summed E-state index contributed by atoms with van der Waals surface area (Å²) in [4.78, 5) is 13.4. The van der Waals surface area contributed by atoms with Crippen LogP contribution in [-0.4, -0.2) is 22.9 Å². The van der Waals surface area contributed by atoms with Crippen molar-refractivity contribution in [3.8, 4) is 11.6 Å². The summed E-state index contributed by atoms with van der Waals surface area (Å²) in [7, 11) is 0. The summed E-state index contributed by atoms with van der Waals surface area (Å²) in [6, 6.07) is 7.24. The second-order valence-corrected chi connectivity index (χ2v) is 4.47. The fourth-order valence-electron chi connectivity index (χ4n) is 1.87. The predicted molar refractivity (Wildman–Crippen MR) is 65.2 cm³/mol. The molecule has 0 amide bonds. The first kappa shape index (κ1) is 11.0. The van der Waals surface area contributed by atoms with Crippen LogP contribution in [0.15, 0.2) is 24.3 Å². The van der Waals surface area contributed by atoms with Gasteiger partial charge in [-0.2, -0.15) is 0 Å². The lowest BCUT2D eigenvalue weighted by molar-refractivity contribution is 0.143. The number of aromatic amines is 1. The van der Waals surface area contributed by atoms with Crippen LogP contribution < -0.4 is 9.47 Å². The van der Waals surface area contributed by atoms with Crippen LogP contribution >= 0.6 is 0 Å². The molecule has 1 aromatic carbocycles. The summed E-state index contributed by atoms with van der Waals surface area (Å²) in [6.45, 7) is 0.722. The van der Waals surface area contributed by atoms with Crippen molar-refractivity contribution in [3.63, 3.8) is 0 Å². The highest BCUT2D eigenvalue weighted by Crippen LogP contribution is 2.33. The van der Waals surface area contributed by atoms with Crippen LogP contribution in [0.2, 0.25) is 0 Å². The number of nitrogens with one attached hydrogen (secondary N) is 1. The van der Waals surface area contributed by atoms with Crippen LogP contribution in [0, 0.1) is 5.92 Å². The molecule has 1 aromatic heterocycles. The number of hydrogen-bond donors (Lipinski definition) is 2. The first-order chi connectivity index (χ1) is 8.72. The standard InChI is InChI=1S/C13H13NO4/c15-13(16)18-12-6-9-10(14-12)2-1-3-11(9)17-7-8-4-5-8/h1-3,6,8,14H,4-5,7H2,(H,15,16). The molecule has 3 rings (SSSR count). The molecular formula is C13H13NO4. The molecule has 18 heavy (non-hydrogen) atoms. The maximum Gasteiger partial charge on any atom is 0.512 e. The maximum atomic E-state index is 10.5. The van der Waals surface area contributed by atoms with E-state index in [0.717, 1.165) is 23.3 Å². The summed E-state index contributed by atoms with van der Waals surface area (Å²) in [5, 5.41) is 9.41. The van der Waals surface area contributed by atoms with Crippen LogP contribution in [-0.2, 0) is 0 Å². The Kier molecular flexibility index (Phi) is 2.59. The average molecular weight is 247 g/mol. The van der Waals surface area contributed by atoms with E-state index >= 15 is 0 Å². The number of H-pyrrole nitrogens is 1. The molecule has 1 aliphatic carbocycles. The van der Waals surface area contributed by atoms with Gasteiger partial charge in [0.15, 0.2) is 0 Å². The van der Waals surface area contributed by atoms with Crippen LogP contribution in [0.1, 0.15) is 12.8 Å². The molecule has 5 heteroatoms. The van der Waals surface area contributed by atoms with E-state index in [2.05, 4.69) is 9.72 Å². The van der Waals surface area contributed by atoms with Gasteiger partial charge in [0.05, 0.1) is 12.1 Å². The fraction of sp³-hybridized carbons (Fsp3) is 0.308. The van der Waals surface area contributed by atoms with Crippen molar-refractivity contribution < 1.29 is 19.4 Å². The zero-order chi connectivity index (χ0) is 12.5. The van der Waals surface area contributed by atoms with Gasteiger partial charge < -0.3 is 19.6 Å². The fourth-order valence-corrected chi connectivity index (χ4v) is 1.87. The van der Waals surface area contributed by atoms with Crippen LogP contribution in [0.25, 0.3) is 10.9 Å². The summed E-state index contributed by atoms with van der Waals surface area (Å²) in [6.07, 6.45) is 1.13. The third-order valence-corrected chi connectivity index (χ3v) is 2.97. The number of carbonyl (C=O) groups is 1. The molecule has 0 spiro atoms. The molecule has 1 saturated carbocycles. The highest BCUT2D eigenvalue weighted by atomic mass is 16.7. The number of hydrogen-bond acceptors (Lipinski definition) is 3. The molecule has 0 atom stereocenters. The van der Waals surface area contributed by atoms with E-state index in [0.29, 0.717) is 5.92 Å². The molecule has 0 radical (unpaired) electrons. The van der Waals surface area contributed by atoms with E-state index in [4.69, 9.17) is 9.84 Å². The molecule has 2 aromatic rings. The minimum Gasteiger partial charge on any atom is -0.493 e. The van der Waals surface area contributed by atoms with E-state index in [-0.39, 0.29) is 5.88 Å². The number of fused-ring (bicyclic) bond motifs is 1. The Bertz CT molecular complexity index is 586. The summed E-state index contributed by atoms with van der Waals surface area (Å²) < 4.78 is 10.3. The molecule has 0 unspecified atom stereocenters. The molecular weight excluding hydrogens is 234 g/mol. The second-order valence-electron chi connectivity index (χ2n) is 4.47. The normalized spacial score (nSPS) is 14.7. The van der Waals surface area contributed by atoms with Crippen molar-refractivity contribution in [3.05, 3.63) is 24.3 Å². The van der Waals surface area contributed by atoms with E-state index < -0.39 is 6.16 Å². The van der Waals surface area contributed by atoms with Gasteiger partial charge in [-0.05, 0) is 30.9 Å². The van der Waals surface area contributed by atoms with Gasteiger partial charge in [-0.1, -0.05) is 6.07 Å². The van der Waals surface area contributed by atoms with Crippen molar-refractivity contribution in [1.29, 1.82) is 0 Å². The Hall–Kier alpha value is -2.17. The first-order valence-electron chi connectivity index (χ1n) is 5.87. The number of ether oxygens (including phenoxy) is 2. The molecule has 1 aliphatic rings. The van der Waals surface area contributed by atoms with E-state index in [1.54, 1.807) is 6.07 Å². The van der Waals surface area contributed by atoms with Crippen LogP contribution in [0.3, 0.4) is 0 Å². The van der Waals surface area contributed by atoms with E-state index in [9.17, 15) is 4.79 Å². The van der Waals surface area contributed by atoms with Gasteiger partial charge in [0, 0.05) is 11.5 Å². The van der Waals surface area contributed by atoms with Gasteiger partial charge in [0.25, 0.3) is 0 Å². The molecule has 0 saturated heterocycles.